The first-order valence-electron chi connectivity index (χ1n) is 6.42. The molecule has 1 aliphatic heterocycles. The minimum atomic E-state index is 0.223. The Hall–Kier alpha value is -0.870. The predicted molar refractivity (Wildman–Crippen MR) is 73.4 cm³/mol. The van der Waals surface area contributed by atoms with Crippen molar-refractivity contribution in [1.82, 2.24) is 9.97 Å². The molecule has 0 amide bonds. The Morgan fingerprint density at radius 1 is 1.39 bits per heavy atom. The summed E-state index contributed by atoms with van der Waals surface area (Å²) in [6.07, 6.45) is 1.26. The van der Waals surface area contributed by atoms with Crippen LogP contribution in [0.4, 0.5) is 5.82 Å². The van der Waals surface area contributed by atoms with Crippen molar-refractivity contribution < 1.29 is 4.74 Å². The molecule has 1 aromatic rings. The second-order valence-electron chi connectivity index (χ2n) is 4.87. The van der Waals surface area contributed by atoms with E-state index in [1.165, 1.54) is 0 Å². The Morgan fingerprint density at radius 3 is 2.78 bits per heavy atom. The standard InChI is InChI=1S/C13H20ClN3O/c1-5-11-7-18-8(2)6-17(11)13-9(3)12(14)15-10(4)16-13/h8,11H,5-7H2,1-4H3. The minimum Gasteiger partial charge on any atom is -0.375 e. The van der Waals surface area contributed by atoms with E-state index in [9.17, 15) is 0 Å². The van der Waals surface area contributed by atoms with Gasteiger partial charge in [-0.2, -0.15) is 0 Å². The summed E-state index contributed by atoms with van der Waals surface area (Å²) in [7, 11) is 0. The molecular weight excluding hydrogens is 250 g/mol. The summed E-state index contributed by atoms with van der Waals surface area (Å²) in [6, 6.07) is 0.366. The highest BCUT2D eigenvalue weighted by Gasteiger charge is 2.28. The predicted octanol–water partition coefficient (Wildman–Crippen LogP) is 2.75. The minimum absolute atomic E-state index is 0.223. The van der Waals surface area contributed by atoms with E-state index >= 15 is 0 Å². The molecule has 0 aromatic carbocycles. The van der Waals surface area contributed by atoms with Crippen LogP contribution in [0, 0.1) is 13.8 Å². The molecule has 2 unspecified atom stereocenters. The van der Waals surface area contributed by atoms with Crippen LogP contribution in [0.3, 0.4) is 0 Å². The molecule has 0 radical (unpaired) electrons. The van der Waals surface area contributed by atoms with E-state index < -0.39 is 0 Å². The Bertz CT molecular complexity index is 438. The Labute approximate surface area is 113 Å². The van der Waals surface area contributed by atoms with Crippen LogP contribution in [0.1, 0.15) is 31.7 Å². The van der Waals surface area contributed by atoms with Crippen molar-refractivity contribution in [1.29, 1.82) is 0 Å². The monoisotopic (exact) mass is 269 g/mol. The molecular formula is C13H20ClN3O. The van der Waals surface area contributed by atoms with Crippen molar-refractivity contribution in [2.45, 2.75) is 46.3 Å². The Kier molecular flexibility index (Phi) is 4.07. The van der Waals surface area contributed by atoms with Crippen molar-refractivity contribution in [2.24, 2.45) is 0 Å². The number of ether oxygens (including phenoxy) is 1. The van der Waals surface area contributed by atoms with Gasteiger partial charge in [0.2, 0.25) is 0 Å². The van der Waals surface area contributed by atoms with E-state index in [0.717, 1.165) is 36.8 Å². The number of nitrogens with zero attached hydrogens (tertiary/aromatic N) is 3. The number of hydrogen-bond acceptors (Lipinski definition) is 4. The summed E-state index contributed by atoms with van der Waals surface area (Å²) in [5.74, 6) is 1.67. The van der Waals surface area contributed by atoms with Gasteiger partial charge in [0.15, 0.2) is 0 Å². The first-order valence-corrected chi connectivity index (χ1v) is 6.79. The third-order valence-electron chi connectivity index (χ3n) is 3.38. The van der Waals surface area contributed by atoms with E-state index in [4.69, 9.17) is 16.3 Å². The third kappa shape index (κ3) is 2.59. The number of anilines is 1. The summed E-state index contributed by atoms with van der Waals surface area (Å²) in [6.45, 7) is 9.71. The average Bonchev–Trinajstić information content (AvgIpc) is 2.33. The van der Waals surface area contributed by atoms with Crippen molar-refractivity contribution in [3.05, 3.63) is 16.5 Å². The second kappa shape index (κ2) is 5.41. The fourth-order valence-corrected chi connectivity index (χ4v) is 2.51. The zero-order valence-electron chi connectivity index (χ0n) is 11.4. The number of morpholine rings is 1. The van der Waals surface area contributed by atoms with Gasteiger partial charge in [-0.25, -0.2) is 9.97 Å². The van der Waals surface area contributed by atoms with Gasteiger partial charge in [-0.3, -0.25) is 0 Å². The van der Waals surface area contributed by atoms with Crippen LogP contribution in [-0.4, -0.2) is 35.3 Å². The van der Waals surface area contributed by atoms with Crippen molar-refractivity contribution >= 4 is 17.4 Å². The van der Waals surface area contributed by atoms with Crippen LogP contribution in [0.5, 0.6) is 0 Å². The molecule has 100 valence electrons. The van der Waals surface area contributed by atoms with Crippen LogP contribution >= 0.6 is 11.6 Å². The normalized spacial score (nSPS) is 24.4. The summed E-state index contributed by atoms with van der Waals surface area (Å²) in [5.41, 5.74) is 0.954. The smallest absolute Gasteiger partial charge is 0.137 e. The molecule has 1 fully saturated rings. The highest BCUT2D eigenvalue weighted by molar-refractivity contribution is 6.30. The van der Waals surface area contributed by atoms with Gasteiger partial charge in [-0.15, -0.1) is 0 Å². The lowest BCUT2D eigenvalue weighted by Gasteiger charge is -2.39. The van der Waals surface area contributed by atoms with Crippen LogP contribution in [0.2, 0.25) is 5.15 Å². The molecule has 0 bridgehead atoms. The van der Waals surface area contributed by atoms with E-state index in [0.29, 0.717) is 11.2 Å². The first kappa shape index (κ1) is 13.6. The van der Waals surface area contributed by atoms with E-state index in [1.54, 1.807) is 0 Å². The summed E-state index contributed by atoms with van der Waals surface area (Å²) >= 11 is 6.16. The molecule has 0 aliphatic carbocycles. The molecule has 2 atom stereocenters. The van der Waals surface area contributed by atoms with Gasteiger partial charge in [0, 0.05) is 12.1 Å². The summed E-state index contributed by atoms with van der Waals surface area (Å²) < 4.78 is 5.72. The summed E-state index contributed by atoms with van der Waals surface area (Å²) in [4.78, 5) is 11.1. The molecule has 18 heavy (non-hydrogen) atoms. The van der Waals surface area contributed by atoms with Gasteiger partial charge in [-0.05, 0) is 27.2 Å². The lowest BCUT2D eigenvalue weighted by Crippen LogP contribution is -2.49. The zero-order valence-corrected chi connectivity index (χ0v) is 12.2. The zero-order chi connectivity index (χ0) is 13.3. The molecule has 0 saturated carbocycles. The molecule has 2 rings (SSSR count). The van der Waals surface area contributed by atoms with Crippen molar-refractivity contribution in [3.63, 3.8) is 0 Å². The topological polar surface area (TPSA) is 38.2 Å². The van der Waals surface area contributed by atoms with Crippen molar-refractivity contribution in [2.75, 3.05) is 18.1 Å². The van der Waals surface area contributed by atoms with E-state index in [2.05, 4.69) is 28.7 Å². The highest BCUT2D eigenvalue weighted by Crippen LogP contribution is 2.28. The SMILES string of the molecule is CCC1COC(C)CN1c1nc(C)nc(Cl)c1C. The van der Waals surface area contributed by atoms with Crippen molar-refractivity contribution in [3.8, 4) is 0 Å². The Balaban J connectivity index is 2.38. The van der Waals surface area contributed by atoms with Gasteiger partial charge in [0.05, 0.1) is 18.8 Å². The van der Waals surface area contributed by atoms with Gasteiger partial charge in [0.1, 0.15) is 16.8 Å². The maximum Gasteiger partial charge on any atom is 0.137 e. The lowest BCUT2D eigenvalue weighted by molar-refractivity contribution is 0.0295. The first-order chi connectivity index (χ1) is 8.52. The van der Waals surface area contributed by atoms with E-state index in [1.807, 2.05) is 13.8 Å². The number of rotatable bonds is 2. The molecule has 0 spiro atoms. The van der Waals surface area contributed by atoms with Crippen LogP contribution < -0.4 is 4.90 Å². The molecule has 4 nitrogen and oxygen atoms in total. The maximum absolute atomic E-state index is 6.16. The fraction of sp³-hybridized carbons (Fsp3) is 0.692. The number of hydrogen-bond donors (Lipinski definition) is 0. The number of aryl methyl sites for hydroxylation is 1. The quantitative estimate of drug-likeness (QED) is 0.774. The largest absolute Gasteiger partial charge is 0.375 e. The lowest BCUT2D eigenvalue weighted by atomic mass is 10.1. The molecule has 5 heteroatoms. The molecule has 1 aromatic heterocycles. The average molecular weight is 270 g/mol. The summed E-state index contributed by atoms with van der Waals surface area (Å²) in [5, 5.41) is 0.548. The number of aromatic nitrogens is 2. The molecule has 0 N–H and O–H groups in total. The fourth-order valence-electron chi connectivity index (χ4n) is 2.30. The molecule has 1 aliphatic rings. The van der Waals surface area contributed by atoms with Crippen LogP contribution in [0.25, 0.3) is 0 Å². The third-order valence-corrected chi connectivity index (χ3v) is 3.75. The maximum atomic E-state index is 6.16. The molecule has 2 heterocycles. The van der Waals surface area contributed by atoms with Gasteiger partial charge < -0.3 is 9.64 Å². The highest BCUT2D eigenvalue weighted by atomic mass is 35.5. The second-order valence-corrected chi connectivity index (χ2v) is 5.23. The van der Waals surface area contributed by atoms with Crippen LogP contribution in [0.15, 0.2) is 0 Å². The number of halogens is 1. The van der Waals surface area contributed by atoms with Gasteiger partial charge in [0.25, 0.3) is 0 Å². The van der Waals surface area contributed by atoms with Crippen LogP contribution in [-0.2, 0) is 4.74 Å². The van der Waals surface area contributed by atoms with Gasteiger partial charge in [-0.1, -0.05) is 18.5 Å². The Morgan fingerprint density at radius 2 is 2.11 bits per heavy atom. The van der Waals surface area contributed by atoms with E-state index in [-0.39, 0.29) is 6.10 Å². The molecule has 1 saturated heterocycles. The van der Waals surface area contributed by atoms with Gasteiger partial charge >= 0.3 is 0 Å².